The number of carboxylic acid groups (broad SMARTS) is 1. The van der Waals surface area contributed by atoms with Crippen LogP contribution >= 0.6 is 22.9 Å². The van der Waals surface area contributed by atoms with Crippen LogP contribution in [-0.4, -0.2) is 68.9 Å². The van der Waals surface area contributed by atoms with Crippen LogP contribution in [-0.2, 0) is 26.2 Å². The van der Waals surface area contributed by atoms with Gasteiger partial charge in [0.05, 0.1) is 48.0 Å². The number of benzene rings is 3. The molecule has 4 amide bonds. The summed E-state index contributed by atoms with van der Waals surface area (Å²) in [6.07, 6.45) is 2.07. The average molecular weight is 837 g/mol. The van der Waals surface area contributed by atoms with Crippen LogP contribution in [0.3, 0.4) is 0 Å². The summed E-state index contributed by atoms with van der Waals surface area (Å²) in [6, 6.07) is 14.1. The van der Waals surface area contributed by atoms with Crippen LogP contribution < -0.4 is 19.3 Å². The Morgan fingerprint density at radius 1 is 0.932 bits per heavy atom. The molecule has 5 aromatic rings. The van der Waals surface area contributed by atoms with Crippen LogP contribution in [0.25, 0.3) is 20.7 Å². The van der Waals surface area contributed by atoms with Gasteiger partial charge in [-0.25, -0.2) is 14.6 Å². The molecule has 16 heteroatoms. The zero-order chi connectivity index (χ0) is 42.0. The molecule has 2 saturated heterocycles. The van der Waals surface area contributed by atoms with Gasteiger partial charge in [-0.1, -0.05) is 23.3 Å². The zero-order valence-electron chi connectivity index (χ0n) is 32.3. The second-order valence-corrected chi connectivity index (χ2v) is 17.2. The predicted molar refractivity (Wildman–Crippen MR) is 217 cm³/mol. The number of phenolic OH excluding ortho intramolecular Hbond substituents is 1. The van der Waals surface area contributed by atoms with Crippen LogP contribution in [0.1, 0.15) is 47.2 Å². The topological polar surface area (TPSA) is 189 Å². The molecule has 6 atom stereocenters. The highest BCUT2D eigenvalue weighted by Crippen LogP contribution is 2.64. The first kappa shape index (κ1) is 38.3. The highest BCUT2D eigenvalue weighted by atomic mass is 35.5. The summed E-state index contributed by atoms with van der Waals surface area (Å²) in [5, 5.41) is 37.2. The van der Waals surface area contributed by atoms with E-state index >= 15 is 9.59 Å². The van der Waals surface area contributed by atoms with Crippen molar-refractivity contribution in [1.29, 1.82) is 0 Å². The van der Waals surface area contributed by atoms with E-state index in [2.05, 4.69) is 0 Å². The molecule has 6 unspecified atom stereocenters. The number of aromatic nitrogens is 2. The van der Waals surface area contributed by atoms with Crippen molar-refractivity contribution >= 4 is 74.1 Å². The summed E-state index contributed by atoms with van der Waals surface area (Å²) in [4.78, 5) is 73.5. The Morgan fingerprint density at radius 2 is 1.64 bits per heavy atom. The lowest BCUT2D eigenvalue weighted by Crippen LogP contribution is -2.49. The SMILES string of the molecule is COc1cc(C2C3=CCC4C(=O)N(c5ccc(C(=O)O)c(O)c5)C(=O)C4C3CC3C(=O)N(c4cc(-c5sc6ccc(Cl)cc6c5C)nn4C)C(=O)C32C)cc(OC)c1O. The van der Waals surface area contributed by atoms with Crippen LogP contribution in [0.2, 0.25) is 5.02 Å². The number of hydrogen-bond acceptors (Lipinski definition) is 11. The summed E-state index contributed by atoms with van der Waals surface area (Å²) in [7, 11) is 4.43. The third kappa shape index (κ3) is 5.36. The summed E-state index contributed by atoms with van der Waals surface area (Å²) in [5.41, 5.74) is 0.898. The number of fused-ring (bicyclic) bond motifs is 5. The van der Waals surface area contributed by atoms with Gasteiger partial charge in [-0.15, -0.1) is 11.3 Å². The Balaban J connectivity index is 1.17. The third-order valence-corrected chi connectivity index (χ3v) is 14.3. The van der Waals surface area contributed by atoms with Crippen molar-refractivity contribution in [2.24, 2.45) is 36.1 Å². The largest absolute Gasteiger partial charge is 0.507 e. The molecular formula is C43H37ClN4O10S. The monoisotopic (exact) mass is 836 g/mol. The van der Waals surface area contributed by atoms with Gasteiger partial charge < -0.3 is 24.8 Å². The second-order valence-electron chi connectivity index (χ2n) is 15.7. The van der Waals surface area contributed by atoms with Crippen molar-refractivity contribution in [3.8, 4) is 33.6 Å². The van der Waals surface area contributed by atoms with Gasteiger partial charge in [-0.05, 0) is 91.6 Å². The maximum absolute atomic E-state index is 15.3. The van der Waals surface area contributed by atoms with Crippen molar-refractivity contribution in [2.45, 2.75) is 32.6 Å². The number of methoxy groups -OCH3 is 2. The molecule has 2 aromatic heterocycles. The van der Waals surface area contributed by atoms with Gasteiger partial charge in [-0.3, -0.25) is 23.9 Å². The molecule has 59 heavy (non-hydrogen) atoms. The number of carboxylic acids is 1. The average Bonchev–Trinajstić information content (AvgIpc) is 3.87. The molecule has 2 aliphatic heterocycles. The van der Waals surface area contributed by atoms with E-state index < -0.39 is 70.4 Å². The van der Waals surface area contributed by atoms with Crippen molar-refractivity contribution < 1.29 is 48.8 Å². The Kier molecular flexibility index (Phi) is 8.72. The summed E-state index contributed by atoms with van der Waals surface area (Å²) in [5.74, 6) is -8.17. The van der Waals surface area contributed by atoms with Crippen LogP contribution in [0.4, 0.5) is 11.5 Å². The van der Waals surface area contributed by atoms with Crippen LogP contribution in [0, 0.1) is 36.0 Å². The van der Waals surface area contributed by atoms with E-state index in [1.165, 1.54) is 41.2 Å². The summed E-state index contributed by atoms with van der Waals surface area (Å²) >= 11 is 7.84. The Morgan fingerprint density at radius 3 is 2.31 bits per heavy atom. The molecule has 9 rings (SSSR count). The smallest absolute Gasteiger partial charge is 0.339 e. The highest BCUT2D eigenvalue weighted by Gasteiger charge is 2.68. The summed E-state index contributed by atoms with van der Waals surface area (Å²) < 4.78 is 13.6. The van der Waals surface area contributed by atoms with Gasteiger partial charge in [0.15, 0.2) is 11.5 Å². The lowest BCUT2D eigenvalue weighted by atomic mass is 9.51. The number of allylic oxidation sites excluding steroid dienone is 2. The molecule has 0 bridgehead atoms. The number of aromatic hydroxyl groups is 2. The number of carbonyl (C=O) groups is 5. The molecule has 0 radical (unpaired) electrons. The van der Waals surface area contributed by atoms with Crippen LogP contribution in [0.15, 0.2) is 66.2 Å². The van der Waals surface area contributed by atoms with E-state index in [-0.39, 0.29) is 47.2 Å². The highest BCUT2D eigenvalue weighted by molar-refractivity contribution is 7.22. The summed E-state index contributed by atoms with van der Waals surface area (Å²) in [6.45, 7) is 3.72. The van der Waals surface area contributed by atoms with E-state index in [0.717, 1.165) is 37.6 Å². The predicted octanol–water partition coefficient (Wildman–Crippen LogP) is 6.83. The molecule has 0 spiro atoms. The number of phenols is 2. The van der Waals surface area contributed by atoms with E-state index in [0.29, 0.717) is 21.9 Å². The van der Waals surface area contributed by atoms with Gasteiger partial charge in [0.2, 0.25) is 29.4 Å². The lowest BCUT2D eigenvalue weighted by Gasteiger charge is -2.49. The molecule has 302 valence electrons. The standard InChI is InChI=1S/C43H37ClN4O10S/c1-18-25-14-20(44)6-11-32(25)59-37(18)28-17-33(46(3)45-28)48-39(52)27-16-26-22(35(43(27,2)42(48)56)19-12-30(57-4)36(50)31(13-19)58-5)9-10-24-34(26)40(53)47(38(24)51)21-7-8-23(41(54)55)29(49)15-21/h6-9,11-15,17,24,26-27,34-35,49-50H,10,16H2,1-5H3,(H,54,55). The quantitative estimate of drug-likeness (QED) is 0.115. The number of aryl methyl sites for hydroxylation is 2. The maximum atomic E-state index is 15.3. The number of imide groups is 2. The number of anilines is 2. The van der Waals surface area contributed by atoms with Crippen molar-refractivity contribution in [3.05, 3.63) is 88.0 Å². The normalized spacial score (nSPS) is 25.0. The zero-order valence-corrected chi connectivity index (χ0v) is 33.9. The molecule has 3 N–H and O–H groups in total. The lowest BCUT2D eigenvalue weighted by molar-refractivity contribution is -0.131. The molecule has 3 fully saturated rings. The van der Waals surface area contributed by atoms with Crippen molar-refractivity contribution in [3.63, 3.8) is 0 Å². The fourth-order valence-electron chi connectivity index (χ4n) is 10.0. The number of thiophene rings is 1. The number of rotatable bonds is 7. The molecule has 2 aliphatic carbocycles. The van der Waals surface area contributed by atoms with Gasteiger partial charge >= 0.3 is 5.97 Å². The van der Waals surface area contributed by atoms with Crippen molar-refractivity contribution in [1.82, 2.24) is 9.78 Å². The maximum Gasteiger partial charge on any atom is 0.339 e. The van der Waals surface area contributed by atoms with E-state index in [4.69, 9.17) is 26.2 Å². The number of nitrogens with zero attached hydrogens (tertiary/aromatic N) is 4. The van der Waals surface area contributed by atoms with Gasteiger partial charge in [0.1, 0.15) is 22.8 Å². The van der Waals surface area contributed by atoms with E-state index in [1.807, 2.05) is 31.2 Å². The molecule has 4 heterocycles. The molecule has 4 aliphatic rings. The number of amides is 4. The van der Waals surface area contributed by atoms with Crippen molar-refractivity contribution in [2.75, 3.05) is 24.0 Å². The molecule has 1 saturated carbocycles. The number of carbonyl (C=O) groups excluding carboxylic acids is 4. The first-order valence-corrected chi connectivity index (χ1v) is 20.0. The number of hydrogen-bond donors (Lipinski definition) is 3. The van der Waals surface area contributed by atoms with E-state index in [9.17, 15) is 29.7 Å². The number of aromatic carboxylic acids is 1. The second kappa shape index (κ2) is 13.4. The van der Waals surface area contributed by atoms with Gasteiger partial charge in [0.25, 0.3) is 0 Å². The minimum atomic E-state index is -1.43. The Labute approximate surface area is 345 Å². The first-order valence-electron chi connectivity index (χ1n) is 18.8. The first-order chi connectivity index (χ1) is 28.1. The van der Waals surface area contributed by atoms with E-state index in [1.54, 1.807) is 32.2 Å². The van der Waals surface area contributed by atoms with Crippen LogP contribution in [0.5, 0.6) is 23.0 Å². The fourth-order valence-corrected chi connectivity index (χ4v) is 11.3. The van der Waals surface area contributed by atoms with Gasteiger partial charge in [-0.2, -0.15) is 5.10 Å². The Bertz CT molecular complexity index is 2730. The number of ether oxygens (including phenoxy) is 2. The third-order valence-electron chi connectivity index (χ3n) is 12.8. The minimum Gasteiger partial charge on any atom is -0.507 e. The molecule has 3 aromatic carbocycles. The molecular weight excluding hydrogens is 800 g/mol. The minimum absolute atomic E-state index is 0.0194. The fraction of sp³-hybridized carbons (Fsp3) is 0.302. The van der Waals surface area contributed by atoms with Gasteiger partial charge in [0, 0.05) is 34.8 Å². The number of halogens is 1. The molecule has 14 nitrogen and oxygen atoms in total. The Hall–Kier alpha value is -6.19.